The number of nitrogens with zero attached hydrogens (tertiary/aromatic N) is 1. The second-order valence-corrected chi connectivity index (χ2v) is 9.03. The van der Waals surface area contributed by atoms with E-state index in [1.165, 1.54) is 25.9 Å². The first-order valence-electron chi connectivity index (χ1n) is 8.50. The average molecular weight is 283 g/mol. The van der Waals surface area contributed by atoms with Crippen molar-refractivity contribution in [3.05, 3.63) is 0 Å². The van der Waals surface area contributed by atoms with Gasteiger partial charge in [0.2, 0.25) is 0 Å². The molecule has 2 unspecified atom stereocenters. The highest BCUT2D eigenvalue weighted by Crippen LogP contribution is 2.35. The predicted octanol–water partition coefficient (Wildman–Crippen LogP) is 4.16. The largest absolute Gasteiger partial charge is 0.312 e. The molecule has 1 heterocycles. The highest BCUT2D eigenvalue weighted by Gasteiger charge is 2.31. The summed E-state index contributed by atoms with van der Waals surface area (Å²) in [4.78, 5) is 2.71. The minimum atomic E-state index is 0.229. The van der Waals surface area contributed by atoms with E-state index in [1.807, 2.05) is 0 Å². The van der Waals surface area contributed by atoms with E-state index in [1.54, 1.807) is 0 Å². The lowest BCUT2D eigenvalue weighted by molar-refractivity contribution is 0.0685. The van der Waals surface area contributed by atoms with Gasteiger partial charge in [0.05, 0.1) is 0 Å². The first kappa shape index (κ1) is 18.0. The van der Waals surface area contributed by atoms with Gasteiger partial charge in [-0.2, -0.15) is 0 Å². The molecule has 0 radical (unpaired) electrons. The Morgan fingerprint density at radius 3 is 1.90 bits per heavy atom. The number of likely N-dealkylation sites (tertiary alicyclic amines) is 1. The van der Waals surface area contributed by atoms with Gasteiger partial charge in [-0.15, -0.1) is 0 Å². The Bertz CT molecular complexity index is 277. The van der Waals surface area contributed by atoms with Gasteiger partial charge in [0, 0.05) is 11.6 Å². The number of hydrogen-bond acceptors (Lipinski definition) is 2. The molecule has 0 aromatic rings. The van der Waals surface area contributed by atoms with E-state index in [0.29, 0.717) is 17.4 Å². The molecule has 2 nitrogen and oxygen atoms in total. The zero-order chi connectivity index (χ0) is 15.6. The van der Waals surface area contributed by atoms with Crippen LogP contribution in [0, 0.1) is 17.3 Å². The standard InChI is InChI=1S/C18H38N2/c1-14(13-19-18(6,7)8)15(2)20-11-9-16(10-12-20)17(3,4)5/h14-16,19H,9-13H2,1-8H3. The van der Waals surface area contributed by atoms with Crippen molar-refractivity contribution in [1.29, 1.82) is 0 Å². The zero-order valence-electron chi connectivity index (χ0n) is 15.2. The third-order valence-corrected chi connectivity index (χ3v) is 5.11. The van der Waals surface area contributed by atoms with Gasteiger partial charge in [-0.1, -0.05) is 27.7 Å². The van der Waals surface area contributed by atoms with Crippen molar-refractivity contribution in [2.75, 3.05) is 19.6 Å². The quantitative estimate of drug-likeness (QED) is 0.833. The van der Waals surface area contributed by atoms with E-state index >= 15 is 0 Å². The molecule has 1 aliphatic heterocycles. The summed E-state index contributed by atoms with van der Waals surface area (Å²) < 4.78 is 0. The summed E-state index contributed by atoms with van der Waals surface area (Å²) in [5.74, 6) is 1.61. The Morgan fingerprint density at radius 2 is 1.50 bits per heavy atom. The minimum absolute atomic E-state index is 0.229. The van der Waals surface area contributed by atoms with Crippen LogP contribution in [0.1, 0.15) is 68.2 Å². The Hall–Kier alpha value is -0.0800. The van der Waals surface area contributed by atoms with Crippen molar-refractivity contribution in [2.24, 2.45) is 17.3 Å². The highest BCUT2D eigenvalue weighted by molar-refractivity contribution is 4.85. The Kier molecular flexibility index (Phi) is 6.10. The maximum Gasteiger partial charge on any atom is 0.0105 e. The molecule has 0 aromatic carbocycles. The van der Waals surface area contributed by atoms with Gasteiger partial charge < -0.3 is 10.2 Å². The van der Waals surface area contributed by atoms with Crippen LogP contribution in [0.15, 0.2) is 0 Å². The van der Waals surface area contributed by atoms with Crippen molar-refractivity contribution in [3.63, 3.8) is 0 Å². The second-order valence-electron chi connectivity index (χ2n) is 9.03. The van der Waals surface area contributed by atoms with Crippen LogP contribution in [-0.2, 0) is 0 Å². The van der Waals surface area contributed by atoms with Crippen molar-refractivity contribution in [1.82, 2.24) is 10.2 Å². The van der Waals surface area contributed by atoms with Gasteiger partial charge >= 0.3 is 0 Å². The molecule has 0 saturated carbocycles. The van der Waals surface area contributed by atoms with E-state index < -0.39 is 0 Å². The van der Waals surface area contributed by atoms with Crippen LogP contribution in [0.3, 0.4) is 0 Å². The van der Waals surface area contributed by atoms with Crippen LogP contribution in [0.4, 0.5) is 0 Å². The first-order valence-corrected chi connectivity index (χ1v) is 8.50. The van der Waals surface area contributed by atoms with Gasteiger partial charge in [-0.3, -0.25) is 0 Å². The van der Waals surface area contributed by atoms with E-state index in [9.17, 15) is 0 Å². The fourth-order valence-corrected chi connectivity index (χ4v) is 3.17. The van der Waals surface area contributed by atoms with Crippen LogP contribution in [0.2, 0.25) is 0 Å². The monoisotopic (exact) mass is 282 g/mol. The maximum absolute atomic E-state index is 3.65. The molecule has 20 heavy (non-hydrogen) atoms. The molecular formula is C18H38N2. The van der Waals surface area contributed by atoms with Crippen molar-refractivity contribution in [2.45, 2.75) is 79.8 Å². The SMILES string of the molecule is CC(CNC(C)(C)C)C(C)N1CCC(C(C)(C)C)CC1. The number of hydrogen-bond donors (Lipinski definition) is 1. The zero-order valence-corrected chi connectivity index (χ0v) is 15.2. The molecule has 120 valence electrons. The molecule has 0 aromatic heterocycles. The van der Waals surface area contributed by atoms with Gasteiger partial charge in [-0.05, 0) is 77.4 Å². The number of piperidine rings is 1. The third kappa shape index (κ3) is 5.73. The summed E-state index contributed by atoms with van der Waals surface area (Å²) in [6, 6.07) is 0.686. The molecule has 2 atom stereocenters. The summed E-state index contributed by atoms with van der Waals surface area (Å²) >= 11 is 0. The van der Waals surface area contributed by atoms with Crippen LogP contribution in [0.5, 0.6) is 0 Å². The van der Waals surface area contributed by atoms with E-state index in [2.05, 4.69) is 65.6 Å². The minimum Gasteiger partial charge on any atom is -0.312 e. The lowest BCUT2D eigenvalue weighted by Crippen LogP contribution is -2.48. The molecule has 0 bridgehead atoms. The van der Waals surface area contributed by atoms with Crippen LogP contribution >= 0.6 is 0 Å². The Morgan fingerprint density at radius 1 is 1.00 bits per heavy atom. The molecule has 0 spiro atoms. The predicted molar refractivity (Wildman–Crippen MR) is 90.1 cm³/mol. The van der Waals surface area contributed by atoms with Crippen LogP contribution < -0.4 is 5.32 Å². The molecule has 1 fully saturated rings. The normalized spacial score (nSPS) is 22.8. The van der Waals surface area contributed by atoms with Gasteiger partial charge in [0.25, 0.3) is 0 Å². The maximum atomic E-state index is 3.65. The van der Waals surface area contributed by atoms with Gasteiger partial charge in [0.1, 0.15) is 0 Å². The van der Waals surface area contributed by atoms with E-state index in [0.717, 1.165) is 12.5 Å². The summed E-state index contributed by atoms with van der Waals surface area (Å²) in [6.07, 6.45) is 2.74. The van der Waals surface area contributed by atoms with E-state index in [4.69, 9.17) is 0 Å². The van der Waals surface area contributed by atoms with Crippen molar-refractivity contribution < 1.29 is 0 Å². The number of nitrogens with one attached hydrogen (secondary N) is 1. The van der Waals surface area contributed by atoms with Crippen molar-refractivity contribution in [3.8, 4) is 0 Å². The number of rotatable bonds is 4. The summed E-state index contributed by atoms with van der Waals surface area (Å²) in [5.41, 5.74) is 0.710. The lowest BCUT2D eigenvalue weighted by atomic mass is 9.75. The highest BCUT2D eigenvalue weighted by atomic mass is 15.2. The van der Waals surface area contributed by atoms with Gasteiger partial charge in [0.15, 0.2) is 0 Å². The molecule has 0 aliphatic carbocycles. The topological polar surface area (TPSA) is 15.3 Å². The van der Waals surface area contributed by atoms with Crippen LogP contribution in [0.25, 0.3) is 0 Å². The fourth-order valence-electron chi connectivity index (χ4n) is 3.17. The molecule has 1 rings (SSSR count). The van der Waals surface area contributed by atoms with Crippen LogP contribution in [-0.4, -0.2) is 36.1 Å². The lowest BCUT2D eigenvalue weighted by Gasteiger charge is -2.43. The van der Waals surface area contributed by atoms with Crippen molar-refractivity contribution >= 4 is 0 Å². The Labute approximate surface area is 127 Å². The molecular weight excluding hydrogens is 244 g/mol. The summed E-state index contributed by atoms with van der Waals surface area (Å²) in [6.45, 7) is 22.4. The first-order chi connectivity index (χ1) is 9.00. The smallest absolute Gasteiger partial charge is 0.0105 e. The third-order valence-electron chi connectivity index (χ3n) is 5.11. The average Bonchev–Trinajstić information content (AvgIpc) is 2.33. The van der Waals surface area contributed by atoms with Gasteiger partial charge in [-0.25, -0.2) is 0 Å². The molecule has 1 saturated heterocycles. The fraction of sp³-hybridized carbons (Fsp3) is 1.00. The van der Waals surface area contributed by atoms with E-state index in [-0.39, 0.29) is 5.54 Å². The molecule has 1 N–H and O–H groups in total. The summed E-state index contributed by atoms with van der Waals surface area (Å²) in [7, 11) is 0. The Balaban J connectivity index is 2.40. The molecule has 1 aliphatic rings. The summed E-state index contributed by atoms with van der Waals surface area (Å²) in [5, 5.41) is 3.65. The molecule has 2 heteroatoms. The second kappa shape index (κ2) is 6.79. The molecule has 0 amide bonds.